The van der Waals surface area contributed by atoms with Crippen molar-refractivity contribution in [2.24, 2.45) is 0 Å². The Morgan fingerprint density at radius 2 is 2.00 bits per heavy atom. The van der Waals surface area contributed by atoms with Gasteiger partial charge in [0.1, 0.15) is 0 Å². The van der Waals surface area contributed by atoms with Crippen LogP contribution in [0.25, 0.3) is 6.08 Å². The minimum absolute atomic E-state index is 0.0746. The highest BCUT2D eigenvalue weighted by molar-refractivity contribution is 6.30. The van der Waals surface area contributed by atoms with E-state index >= 15 is 0 Å². The average molecular weight is 384 g/mol. The Morgan fingerprint density at radius 3 is 2.67 bits per heavy atom. The van der Waals surface area contributed by atoms with Crippen LogP contribution in [-0.2, 0) is 0 Å². The summed E-state index contributed by atoms with van der Waals surface area (Å²) in [7, 11) is 0. The van der Waals surface area contributed by atoms with E-state index < -0.39 is 0 Å². The van der Waals surface area contributed by atoms with Crippen molar-refractivity contribution >= 4 is 29.2 Å². The van der Waals surface area contributed by atoms with Crippen LogP contribution >= 0.6 is 11.6 Å². The second-order valence-electron chi connectivity index (χ2n) is 6.71. The van der Waals surface area contributed by atoms with Gasteiger partial charge in [-0.15, -0.1) is 0 Å². The molecule has 0 unspecified atom stereocenters. The van der Waals surface area contributed by atoms with E-state index in [1.54, 1.807) is 12.1 Å². The summed E-state index contributed by atoms with van der Waals surface area (Å²) in [5.74, 6) is 0.478. The topological polar surface area (TPSA) is 59.3 Å². The van der Waals surface area contributed by atoms with Crippen LogP contribution in [-0.4, -0.2) is 23.0 Å². The van der Waals surface area contributed by atoms with Crippen LogP contribution in [0.4, 0.5) is 11.5 Å². The molecule has 0 amide bonds. The van der Waals surface area contributed by atoms with Gasteiger partial charge in [0.2, 0.25) is 5.82 Å². The molecular formula is C21H22ClN3O2. The van der Waals surface area contributed by atoms with Gasteiger partial charge in [-0.1, -0.05) is 47.0 Å². The van der Waals surface area contributed by atoms with Gasteiger partial charge < -0.3 is 4.90 Å². The van der Waals surface area contributed by atoms with Gasteiger partial charge in [0.25, 0.3) is 0 Å². The number of nitrogens with zero attached hydrogens (tertiary/aromatic N) is 3. The summed E-state index contributed by atoms with van der Waals surface area (Å²) in [5.41, 5.74) is 4.55. The van der Waals surface area contributed by atoms with Gasteiger partial charge in [0, 0.05) is 29.9 Å². The maximum Gasteiger partial charge on any atom is 0.311 e. The number of aryl methyl sites for hydroxylation is 1. The van der Waals surface area contributed by atoms with Crippen molar-refractivity contribution in [2.75, 3.05) is 18.0 Å². The molecule has 0 spiro atoms. The predicted octanol–water partition coefficient (Wildman–Crippen LogP) is 5.58. The van der Waals surface area contributed by atoms with Crippen LogP contribution in [0.1, 0.15) is 31.0 Å². The number of hydrogen-bond acceptors (Lipinski definition) is 4. The Morgan fingerprint density at radius 1 is 1.26 bits per heavy atom. The van der Waals surface area contributed by atoms with E-state index in [1.165, 1.54) is 11.1 Å². The summed E-state index contributed by atoms with van der Waals surface area (Å²) in [6, 6.07) is 11.0. The second kappa shape index (κ2) is 8.35. The maximum atomic E-state index is 11.3. The van der Waals surface area contributed by atoms with Crippen molar-refractivity contribution in [1.82, 2.24) is 4.98 Å². The number of pyridine rings is 1. The standard InChI is InChI=1S/C21H22ClN3O2/c1-15(6-8-17-4-3-5-19(22)14-17)18-10-12-24(13-11-18)21-20(25(26)27)9-7-16(2)23-21/h3-9,14H,10-13H2,1-2H3. The highest BCUT2D eigenvalue weighted by Crippen LogP contribution is 2.30. The number of aromatic nitrogens is 1. The Hall–Kier alpha value is -2.66. The van der Waals surface area contributed by atoms with Gasteiger partial charge in [-0.2, -0.15) is 0 Å². The summed E-state index contributed by atoms with van der Waals surface area (Å²) in [4.78, 5) is 17.4. The van der Waals surface area contributed by atoms with Crippen molar-refractivity contribution in [3.8, 4) is 0 Å². The minimum atomic E-state index is -0.355. The van der Waals surface area contributed by atoms with Crippen LogP contribution in [0.15, 0.2) is 53.6 Å². The van der Waals surface area contributed by atoms with Gasteiger partial charge in [-0.05, 0) is 50.5 Å². The molecule has 1 fully saturated rings. The van der Waals surface area contributed by atoms with E-state index in [0.29, 0.717) is 5.82 Å². The molecule has 1 saturated heterocycles. The van der Waals surface area contributed by atoms with Gasteiger partial charge in [-0.3, -0.25) is 10.1 Å². The third-order valence-corrected chi connectivity index (χ3v) is 5.02. The first-order chi connectivity index (χ1) is 12.9. The van der Waals surface area contributed by atoms with Crippen LogP contribution in [0.2, 0.25) is 5.02 Å². The van der Waals surface area contributed by atoms with Crippen molar-refractivity contribution in [3.05, 3.63) is 80.0 Å². The van der Waals surface area contributed by atoms with Crippen LogP contribution in [0.3, 0.4) is 0 Å². The SMILES string of the molecule is CC(C=Cc1cccc(Cl)c1)=C1CCN(c2nc(C)ccc2[N+](=O)[O-])CC1. The number of halogens is 1. The third-order valence-electron chi connectivity index (χ3n) is 4.79. The molecule has 0 atom stereocenters. The highest BCUT2D eigenvalue weighted by Gasteiger charge is 2.24. The molecule has 3 rings (SSSR count). The number of benzene rings is 1. The monoisotopic (exact) mass is 383 g/mol. The molecule has 0 aliphatic carbocycles. The number of rotatable bonds is 4. The lowest BCUT2D eigenvalue weighted by molar-refractivity contribution is -0.384. The van der Waals surface area contributed by atoms with Gasteiger partial charge >= 0.3 is 5.69 Å². The molecule has 1 aliphatic rings. The summed E-state index contributed by atoms with van der Waals surface area (Å²) >= 11 is 6.02. The molecule has 1 aliphatic heterocycles. The molecule has 0 N–H and O–H groups in total. The fourth-order valence-electron chi connectivity index (χ4n) is 3.24. The van der Waals surface area contributed by atoms with Crippen molar-refractivity contribution in [2.45, 2.75) is 26.7 Å². The zero-order valence-electron chi connectivity index (χ0n) is 15.5. The first kappa shape index (κ1) is 19.1. The molecule has 2 heterocycles. The molecule has 0 radical (unpaired) electrons. The summed E-state index contributed by atoms with van der Waals surface area (Å²) in [6.45, 7) is 5.43. The lowest BCUT2D eigenvalue weighted by Gasteiger charge is -2.30. The molecule has 6 heteroatoms. The van der Waals surface area contributed by atoms with E-state index in [2.05, 4.69) is 24.1 Å². The molecule has 27 heavy (non-hydrogen) atoms. The molecule has 140 valence electrons. The number of nitro groups is 1. The largest absolute Gasteiger partial charge is 0.350 e. The molecule has 2 aromatic rings. The van der Waals surface area contributed by atoms with Gasteiger partial charge in [-0.25, -0.2) is 4.98 Å². The van der Waals surface area contributed by atoms with E-state index in [1.807, 2.05) is 36.1 Å². The molecule has 5 nitrogen and oxygen atoms in total. The molecule has 1 aromatic heterocycles. The summed E-state index contributed by atoms with van der Waals surface area (Å²) < 4.78 is 0. The first-order valence-corrected chi connectivity index (χ1v) is 9.31. The first-order valence-electron chi connectivity index (χ1n) is 8.93. The number of hydrogen-bond donors (Lipinski definition) is 0. The highest BCUT2D eigenvalue weighted by atomic mass is 35.5. The molecular weight excluding hydrogens is 362 g/mol. The summed E-state index contributed by atoms with van der Waals surface area (Å²) in [6.07, 6.45) is 5.93. The second-order valence-corrected chi connectivity index (χ2v) is 7.15. The Bertz CT molecular complexity index is 911. The fourth-order valence-corrected chi connectivity index (χ4v) is 3.44. The number of piperidine rings is 1. The van der Waals surface area contributed by atoms with E-state index in [-0.39, 0.29) is 10.6 Å². The van der Waals surface area contributed by atoms with Crippen LogP contribution < -0.4 is 4.90 Å². The summed E-state index contributed by atoms with van der Waals surface area (Å²) in [5, 5.41) is 12.0. The minimum Gasteiger partial charge on any atom is -0.350 e. The van der Waals surface area contributed by atoms with Crippen molar-refractivity contribution < 1.29 is 4.92 Å². The number of allylic oxidation sites excluding steroid dienone is 2. The molecule has 0 bridgehead atoms. The van der Waals surface area contributed by atoms with E-state index in [0.717, 1.165) is 42.2 Å². The van der Waals surface area contributed by atoms with E-state index in [4.69, 9.17) is 11.6 Å². The zero-order valence-corrected chi connectivity index (χ0v) is 16.2. The lowest BCUT2D eigenvalue weighted by Crippen LogP contribution is -2.32. The average Bonchev–Trinajstić information content (AvgIpc) is 2.66. The van der Waals surface area contributed by atoms with E-state index in [9.17, 15) is 10.1 Å². The van der Waals surface area contributed by atoms with Crippen LogP contribution in [0, 0.1) is 17.0 Å². The van der Waals surface area contributed by atoms with Gasteiger partial charge in [0.15, 0.2) is 0 Å². The van der Waals surface area contributed by atoms with Crippen molar-refractivity contribution in [3.63, 3.8) is 0 Å². The van der Waals surface area contributed by atoms with Crippen LogP contribution in [0.5, 0.6) is 0 Å². The number of anilines is 1. The Kier molecular flexibility index (Phi) is 5.91. The smallest absolute Gasteiger partial charge is 0.311 e. The zero-order chi connectivity index (χ0) is 19.4. The van der Waals surface area contributed by atoms with Gasteiger partial charge in [0.05, 0.1) is 4.92 Å². The van der Waals surface area contributed by atoms with Crippen molar-refractivity contribution in [1.29, 1.82) is 0 Å². The fraction of sp³-hybridized carbons (Fsp3) is 0.286. The lowest BCUT2D eigenvalue weighted by atomic mass is 9.98. The Balaban J connectivity index is 1.72. The molecule has 0 saturated carbocycles. The third kappa shape index (κ3) is 4.74. The Labute approximate surface area is 164 Å². The maximum absolute atomic E-state index is 11.3. The normalized spacial score (nSPS) is 14.6. The quantitative estimate of drug-likeness (QED) is 0.510. The predicted molar refractivity (Wildman–Crippen MR) is 110 cm³/mol. The molecule has 1 aromatic carbocycles.